The quantitative estimate of drug-likeness (QED) is 0.870. The molecule has 6 nitrogen and oxygen atoms in total. The molecule has 6 heteroatoms. The van der Waals surface area contributed by atoms with Gasteiger partial charge in [-0.3, -0.25) is 4.90 Å². The van der Waals surface area contributed by atoms with Gasteiger partial charge in [-0.15, -0.1) is 0 Å². The molecule has 128 valence electrons. The summed E-state index contributed by atoms with van der Waals surface area (Å²) in [6.07, 6.45) is 2.56. The normalized spacial score (nSPS) is 28.3. The lowest BCUT2D eigenvalue weighted by molar-refractivity contribution is 0.0672. The van der Waals surface area contributed by atoms with E-state index in [4.69, 9.17) is 5.11 Å². The first kappa shape index (κ1) is 16.6. The van der Waals surface area contributed by atoms with Crippen LogP contribution in [0.4, 0.5) is 4.79 Å². The number of carbonyl (C=O) groups is 1. The number of phenols is 1. The predicted octanol–water partition coefficient (Wildman–Crippen LogP) is 2.39. The monoisotopic (exact) mass is 329 g/mol. The number of hydrogen-bond donors (Lipinski definition) is 2. The minimum Gasteiger partial charge on any atom is -0.508 e. The Balaban J connectivity index is 1.63. The van der Waals surface area contributed by atoms with Crippen LogP contribution in [0.15, 0.2) is 24.3 Å². The van der Waals surface area contributed by atoms with E-state index in [1.165, 1.54) is 4.90 Å². The average molecular weight is 329 g/mol. The van der Waals surface area contributed by atoms with E-state index < -0.39 is 11.5 Å². The minimum absolute atomic E-state index is 0.203. The fourth-order valence-corrected chi connectivity index (χ4v) is 4.01. The van der Waals surface area contributed by atoms with Crippen LogP contribution in [0, 0.1) is 11.3 Å². The Morgan fingerprint density at radius 3 is 2.42 bits per heavy atom. The number of piperazine rings is 1. The lowest BCUT2D eigenvalue weighted by atomic mass is 9.69. The molecule has 1 saturated heterocycles. The minimum atomic E-state index is -0.842. The Hall–Kier alpha value is -2.26. The number of nitrogens with zero attached hydrogens (tertiary/aromatic N) is 3. The van der Waals surface area contributed by atoms with Gasteiger partial charge in [0.05, 0.1) is 11.5 Å². The van der Waals surface area contributed by atoms with E-state index in [2.05, 4.69) is 11.0 Å². The van der Waals surface area contributed by atoms with Crippen molar-refractivity contribution in [2.24, 2.45) is 0 Å². The number of rotatable bonds is 2. The summed E-state index contributed by atoms with van der Waals surface area (Å²) in [6, 6.07) is 9.96. The number of nitriles is 1. The van der Waals surface area contributed by atoms with Crippen LogP contribution in [0.3, 0.4) is 0 Å². The van der Waals surface area contributed by atoms with Gasteiger partial charge in [-0.05, 0) is 43.4 Å². The fourth-order valence-electron chi connectivity index (χ4n) is 4.01. The van der Waals surface area contributed by atoms with Crippen LogP contribution in [-0.2, 0) is 5.41 Å². The Bertz CT molecular complexity index is 639. The number of benzene rings is 1. The summed E-state index contributed by atoms with van der Waals surface area (Å²) in [5.41, 5.74) is 0.386. The van der Waals surface area contributed by atoms with Gasteiger partial charge in [0, 0.05) is 32.2 Å². The highest BCUT2D eigenvalue weighted by molar-refractivity contribution is 5.65. The molecule has 1 amide bonds. The van der Waals surface area contributed by atoms with Crippen LogP contribution in [0.25, 0.3) is 0 Å². The Morgan fingerprint density at radius 2 is 1.88 bits per heavy atom. The summed E-state index contributed by atoms with van der Waals surface area (Å²) < 4.78 is 0. The summed E-state index contributed by atoms with van der Waals surface area (Å²) in [7, 11) is 0. The van der Waals surface area contributed by atoms with Gasteiger partial charge in [0.2, 0.25) is 0 Å². The second kappa shape index (κ2) is 6.70. The molecule has 0 atom stereocenters. The Morgan fingerprint density at radius 1 is 1.21 bits per heavy atom. The Labute approximate surface area is 141 Å². The third kappa shape index (κ3) is 3.17. The van der Waals surface area contributed by atoms with E-state index in [9.17, 15) is 15.2 Å². The van der Waals surface area contributed by atoms with Gasteiger partial charge in [0.25, 0.3) is 0 Å². The van der Waals surface area contributed by atoms with E-state index >= 15 is 0 Å². The SMILES string of the molecule is N#C[C@]1(c2cccc(O)c2)CC[C@@H](N2CCN(C(=O)O)CC2)CC1. The maximum absolute atomic E-state index is 11.0. The molecule has 2 N–H and O–H groups in total. The number of aromatic hydroxyl groups is 1. The summed E-state index contributed by atoms with van der Waals surface area (Å²) >= 11 is 0. The molecule has 1 aromatic carbocycles. The lowest BCUT2D eigenvalue weighted by Gasteiger charge is -2.43. The summed E-state index contributed by atoms with van der Waals surface area (Å²) in [5, 5.41) is 28.5. The first-order valence-corrected chi connectivity index (χ1v) is 8.47. The molecular formula is C18H23N3O3. The molecule has 3 rings (SSSR count). The molecule has 1 saturated carbocycles. The molecule has 0 unspecified atom stereocenters. The highest BCUT2D eigenvalue weighted by Crippen LogP contribution is 2.41. The molecule has 0 radical (unpaired) electrons. The van der Waals surface area contributed by atoms with Gasteiger partial charge in [-0.1, -0.05) is 12.1 Å². The highest BCUT2D eigenvalue weighted by atomic mass is 16.4. The second-order valence-corrected chi connectivity index (χ2v) is 6.78. The molecule has 0 spiro atoms. The van der Waals surface area contributed by atoms with Crippen LogP contribution in [0.2, 0.25) is 0 Å². The fraction of sp³-hybridized carbons (Fsp3) is 0.556. The smallest absolute Gasteiger partial charge is 0.407 e. The molecule has 1 aliphatic carbocycles. The van der Waals surface area contributed by atoms with Crippen LogP contribution in [-0.4, -0.2) is 58.3 Å². The number of hydrogen-bond acceptors (Lipinski definition) is 4. The van der Waals surface area contributed by atoms with Crippen molar-refractivity contribution in [1.29, 1.82) is 5.26 Å². The van der Waals surface area contributed by atoms with Crippen LogP contribution < -0.4 is 0 Å². The molecule has 1 aromatic rings. The second-order valence-electron chi connectivity index (χ2n) is 6.78. The number of amides is 1. The first-order valence-electron chi connectivity index (χ1n) is 8.47. The van der Waals surface area contributed by atoms with Crippen LogP contribution in [0.5, 0.6) is 5.75 Å². The van der Waals surface area contributed by atoms with Crippen molar-refractivity contribution in [3.05, 3.63) is 29.8 Å². The highest BCUT2D eigenvalue weighted by Gasteiger charge is 2.39. The molecule has 24 heavy (non-hydrogen) atoms. The lowest BCUT2D eigenvalue weighted by Crippen LogP contribution is -2.53. The standard InChI is InChI=1S/C18H23N3O3/c19-13-18(14-2-1-3-16(22)12-14)6-4-15(5-7-18)20-8-10-21(11-9-20)17(23)24/h1-3,12,15,22H,4-11H2,(H,23,24)/t15-,18+. The summed E-state index contributed by atoms with van der Waals surface area (Å²) in [5.74, 6) is 0.203. The molecule has 2 fully saturated rings. The molecule has 2 aliphatic rings. The third-order valence-corrected chi connectivity index (χ3v) is 5.52. The average Bonchev–Trinajstić information content (AvgIpc) is 2.62. The number of phenolic OH excluding ortho intramolecular Hbond substituents is 1. The van der Waals surface area contributed by atoms with Crippen LogP contribution in [0.1, 0.15) is 31.2 Å². The maximum atomic E-state index is 11.0. The zero-order valence-corrected chi connectivity index (χ0v) is 13.7. The van der Waals surface area contributed by atoms with Crippen molar-refractivity contribution in [2.45, 2.75) is 37.1 Å². The topological polar surface area (TPSA) is 87.8 Å². The van der Waals surface area contributed by atoms with E-state index in [1.54, 1.807) is 18.2 Å². The van der Waals surface area contributed by atoms with Gasteiger partial charge in [-0.2, -0.15) is 5.26 Å². The maximum Gasteiger partial charge on any atom is 0.407 e. The van der Waals surface area contributed by atoms with E-state index in [0.29, 0.717) is 19.1 Å². The molecule has 1 heterocycles. The first-order chi connectivity index (χ1) is 11.5. The van der Waals surface area contributed by atoms with Crippen molar-refractivity contribution in [3.8, 4) is 11.8 Å². The summed E-state index contributed by atoms with van der Waals surface area (Å²) in [4.78, 5) is 14.8. The summed E-state index contributed by atoms with van der Waals surface area (Å²) in [6.45, 7) is 2.65. The molecule has 0 bridgehead atoms. The van der Waals surface area contributed by atoms with Gasteiger partial charge in [0.15, 0.2) is 0 Å². The van der Waals surface area contributed by atoms with Crippen molar-refractivity contribution in [1.82, 2.24) is 9.80 Å². The van der Waals surface area contributed by atoms with Crippen molar-refractivity contribution in [2.75, 3.05) is 26.2 Å². The van der Waals surface area contributed by atoms with Crippen molar-refractivity contribution >= 4 is 6.09 Å². The largest absolute Gasteiger partial charge is 0.508 e. The van der Waals surface area contributed by atoms with Crippen molar-refractivity contribution in [3.63, 3.8) is 0 Å². The molecule has 0 aromatic heterocycles. The Kier molecular flexibility index (Phi) is 4.63. The van der Waals surface area contributed by atoms with Crippen molar-refractivity contribution < 1.29 is 15.0 Å². The van der Waals surface area contributed by atoms with Gasteiger partial charge >= 0.3 is 6.09 Å². The van der Waals surface area contributed by atoms with Gasteiger partial charge in [-0.25, -0.2) is 4.79 Å². The van der Waals surface area contributed by atoms with E-state index in [-0.39, 0.29) is 5.75 Å². The molecular weight excluding hydrogens is 306 g/mol. The zero-order chi connectivity index (χ0) is 17.2. The predicted molar refractivity (Wildman–Crippen MR) is 88.8 cm³/mol. The van der Waals surface area contributed by atoms with Gasteiger partial charge in [0.1, 0.15) is 5.75 Å². The molecule has 1 aliphatic heterocycles. The number of carboxylic acid groups (broad SMARTS) is 1. The van der Waals surface area contributed by atoms with E-state index in [0.717, 1.165) is 44.3 Å². The van der Waals surface area contributed by atoms with Gasteiger partial charge < -0.3 is 15.1 Å². The third-order valence-electron chi connectivity index (χ3n) is 5.52. The van der Waals surface area contributed by atoms with Crippen LogP contribution >= 0.6 is 0 Å². The van der Waals surface area contributed by atoms with E-state index in [1.807, 2.05) is 6.07 Å². The zero-order valence-electron chi connectivity index (χ0n) is 13.7.